The molecule has 0 aliphatic carbocycles. The highest BCUT2D eigenvalue weighted by atomic mass is 19.1. The van der Waals surface area contributed by atoms with Crippen molar-refractivity contribution in [2.75, 3.05) is 14.2 Å². The maximum atomic E-state index is 12.9. The third kappa shape index (κ3) is 4.47. The number of ether oxygens (including phenoxy) is 2. The molecule has 2 aromatic carbocycles. The Balaban J connectivity index is 2.08. The first-order valence-electron chi connectivity index (χ1n) is 7.83. The average Bonchev–Trinajstić information content (AvgIpc) is 2.61. The Morgan fingerprint density at radius 3 is 2.33 bits per heavy atom. The van der Waals surface area contributed by atoms with Crippen LogP contribution in [0.4, 0.5) is 4.39 Å². The van der Waals surface area contributed by atoms with Gasteiger partial charge in [-0.2, -0.15) is 0 Å². The van der Waals surface area contributed by atoms with E-state index < -0.39 is 0 Å². The quantitative estimate of drug-likeness (QED) is 0.842. The number of halogens is 1. The smallest absolute Gasteiger partial charge is 0.224 e. The van der Waals surface area contributed by atoms with Crippen molar-refractivity contribution in [1.82, 2.24) is 5.32 Å². The second-order valence-electron chi connectivity index (χ2n) is 5.45. The Bertz CT molecular complexity index is 686. The van der Waals surface area contributed by atoms with Crippen LogP contribution in [0.5, 0.6) is 11.5 Å². The molecule has 0 radical (unpaired) electrons. The number of hydrogen-bond donors (Lipinski definition) is 1. The van der Waals surface area contributed by atoms with Gasteiger partial charge in [-0.1, -0.05) is 25.1 Å². The van der Waals surface area contributed by atoms with E-state index in [1.807, 2.05) is 25.1 Å². The SMILES string of the molecule is CC[C@@H](NC(=O)Cc1ccc(F)cc1)c1ccc(OC)c(OC)c1. The van der Waals surface area contributed by atoms with Gasteiger partial charge in [0.25, 0.3) is 0 Å². The van der Waals surface area contributed by atoms with E-state index in [0.29, 0.717) is 11.5 Å². The van der Waals surface area contributed by atoms with Crippen molar-refractivity contribution >= 4 is 5.91 Å². The van der Waals surface area contributed by atoms with Gasteiger partial charge in [0.2, 0.25) is 5.91 Å². The Morgan fingerprint density at radius 2 is 1.75 bits per heavy atom. The summed E-state index contributed by atoms with van der Waals surface area (Å²) in [5.41, 5.74) is 1.72. The fourth-order valence-corrected chi connectivity index (χ4v) is 2.52. The number of nitrogens with one attached hydrogen (secondary N) is 1. The van der Waals surface area contributed by atoms with Gasteiger partial charge in [-0.3, -0.25) is 4.79 Å². The predicted octanol–water partition coefficient (Wildman–Crippen LogP) is 3.65. The fraction of sp³-hybridized carbons (Fsp3) is 0.316. The zero-order valence-electron chi connectivity index (χ0n) is 14.1. The molecule has 4 nitrogen and oxygen atoms in total. The molecule has 5 heteroatoms. The molecule has 0 aromatic heterocycles. The molecule has 1 atom stereocenters. The van der Waals surface area contributed by atoms with Crippen LogP contribution >= 0.6 is 0 Å². The largest absolute Gasteiger partial charge is 0.493 e. The number of carbonyl (C=O) groups excluding carboxylic acids is 1. The van der Waals surface area contributed by atoms with E-state index >= 15 is 0 Å². The maximum Gasteiger partial charge on any atom is 0.224 e. The van der Waals surface area contributed by atoms with Crippen molar-refractivity contribution in [3.8, 4) is 11.5 Å². The highest BCUT2D eigenvalue weighted by Gasteiger charge is 2.15. The number of methoxy groups -OCH3 is 2. The van der Waals surface area contributed by atoms with Gasteiger partial charge in [0.05, 0.1) is 26.7 Å². The van der Waals surface area contributed by atoms with Gasteiger partial charge in [0.1, 0.15) is 5.82 Å². The number of hydrogen-bond acceptors (Lipinski definition) is 3. The van der Waals surface area contributed by atoms with Crippen LogP contribution in [0.1, 0.15) is 30.5 Å². The average molecular weight is 331 g/mol. The summed E-state index contributed by atoms with van der Waals surface area (Å²) in [6.07, 6.45) is 0.953. The summed E-state index contributed by atoms with van der Waals surface area (Å²) in [5, 5.41) is 3.01. The fourth-order valence-electron chi connectivity index (χ4n) is 2.52. The molecule has 0 unspecified atom stereocenters. The van der Waals surface area contributed by atoms with Crippen LogP contribution in [0, 0.1) is 5.82 Å². The van der Waals surface area contributed by atoms with E-state index in [0.717, 1.165) is 17.5 Å². The van der Waals surface area contributed by atoms with Crippen LogP contribution in [0.2, 0.25) is 0 Å². The van der Waals surface area contributed by atoms with E-state index in [9.17, 15) is 9.18 Å². The summed E-state index contributed by atoms with van der Waals surface area (Å²) in [7, 11) is 3.16. The second kappa shape index (κ2) is 8.34. The molecule has 0 fully saturated rings. The number of amides is 1. The summed E-state index contributed by atoms with van der Waals surface area (Å²) in [4.78, 5) is 12.3. The first-order valence-corrected chi connectivity index (χ1v) is 7.83. The second-order valence-corrected chi connectivity index (χ2v) is 5.45. The van der Waals surface area contributed by atoms with Gasteiger partial charge >= 0.3 is 0 Å². The van der Waals surface area contributed by atoms with E-state index in [4.69, 9.17) is 9.47 Å². The van der Waals surface area contributed by atoms with Gasteiger partial charge in [-0.15, -0.1) is 0 Å². The van der Waals surface area contributed by atoms with E-state index in [2.05, 4.69) is 5.32 Å². The van der Waals surface area contributed by atoms with Crippen molar-refractivity contribution in [2.45, 2.75) is 25.8 Å². The molecule has 1 amide bonds. The maximum absolute atomic E-state index is 12.9. The van der Waals surface area contributed by atoms with Crippen molar-refractivity contribution in [2.24, 2.45) is 0 Å². The summed E-state index contributed by atoms with van der Waals surface area (Å²) < 4.78 is 23.5. The van der Waals surface area contributed by atoms with E-state index in [1.54, 1.807) is 26.4 Å². The van der Waals surface area contributed by atoms with Crippen LogP contribution in [0.25, 0.3) is 0 Å². The normalized spacial score (nSPS) is 11.7. The number of benzene rings is 2. The van der Waals surface area contributed by atoms with Gasteiger partial charge in [0, 0.05) is 0 Å². The minimum Gasteiger partial charge on any atom is -0.493 e. The first kappa shape index (κ1) is 17.8. The summed E-state index contributed by atoms with van der Waals surface area (Å²) in [6.45, 7) is 2.00. The summed E-state index contributed by atoms with van der Waals surface area (Å²) in [5.74, 6) is 0.856. The van der Waals surface area contributed by atoms with Gasteiger partial charge in [-0.05, 0) is 41.8 Å². The molecule has 0 aliphatic rings. The highest BCUT2D eigenvalue weighted by Crippen LogP contribution is 2.30. The van der Waals surface area contributed by atoms with Gasteiger partial charge in [0.15, 0.2) is 11.5 Å². The van der Waals surface area contributed by atoms with Crippen LogP contribution in [0.15, 0.2) is 42.5 Å². The van der Waals surface area contributed by atoms with Crippen molar-refractivity contribution < 1.29 is 18.7 Å². The van der Waals surface area contributed by atoms with Crippen molar-refractivity contribution in [1.29, 1.82) is 0 Å². The van der Waals surface area contributed by atoms with Crippen molar-refractivity contribution in [3.63, 3.8) is 0 Å². The molecule has 0 saturated carbocycles. The molecule has 24 heavy (non-hydrogen) atoms. The molecule has 1 N–H and O–H groups in total. The molecule has 0 bridgehead atoms. The summed E-state index contributed by atoms with van der Waals surface area (Å²) >= 11 is 0. The molecule has 0 spiro atoms. The molecule has 0 saturated heterocycles. The monoisotopic (exact) mass is 331 g/mol. The zero-order valence-corrected chi connectivity index (χ0v) is 14.1. The molecular weight excluding hydrogens is 309 g/mol. The lowest BCUT2D eigenvalue weighted by atomic mass is 10.0. The van der Waals surface area contributed by atoms with E-state index in [-0.39, 0.29) is 24.2 Å². The van der Waals surface area contributed by atoms with Crippen LogP contribution in [-0.2, 0) is 11.2 Å². The minimum atomic E-state index is -0.309. The van der Waals surface area contributed by atoms with Crippen LogP contribution < -0.4 is 14.8 Å². The van der Waals surface area contributed by atoms with Gasteiger partial charge in [-0.25, -0.2) is 4.39 Å². The van der Waals surface area contributed by atoms with Gasteiger partial charge < -0.3 is 14.8 Å². The third-order valence-corrected chi connectivity index (χ3v) is 3.83. The van der Waals surface area contributed by atoms with Crippen LogP contribution in [0.3, 0.4) is 0 Å². The molecule has 0 aliphatic heterocycles. The lowest BCUT2D eigenvalue weighted by Crippen LogP contribution is -2.29. The lowest BCUT2D eigenvalue weighted by Gasteiger charge is -2.19. The first-order chi connectivity index (χ1) is 11.6. The molecule has 0 heterocycles. The zero-order chi connectivity index (χ0) is 17.5. The number of rotatable bonds is 7. The Morgan fingerprint density at radius 1 is 1.08 bits per heavy atom. The topological polar surface area (TPSA) is 47.6 Å². The number of carbonyl (C=O) groups is 1. The predicted molar refractivity (Wildman–Crippen MR) is 90.8 cm³/mol. The molecule has 2 rings (SSSR count). The third-order valence-electron chi connectivity index (χ3n) is 3.83. The Kier molecular flexibility index (Phi) is 6.18. The standard InChI is InChI=1S/C19H22FNO3/c1-4-16(14-7-10-17(23-2)18(12-14)24-3)21-19(22)11-13-5-8-15(20)9-6-13/h5-10,12,16H,4,11H2,1-3H3,(H,21,22)/t16-/m1/s1. The summed E-state index contributed by atoms with van der Waals surface area (Å²) in [6, 6.07) is 11.4. The van der Waals surface area contributed by atoms with Crippen LogP contribution in [-0.4, -0.2) is 20.1 Å². The lowest BCUT2D eigenvalue weighted by molar-refractivity contribution is -0.121. The van der Waals surface area contributed by atoms with Crippen molar-refractivity contribution in [3.05, 3.63) is 59.4 Å². The molecule has 2 aromatic rings. The highest BCUT2D eigenvalue weighted by molar-refractivity contribution is 5.79. The molecular formula is C19H22FNO3. The Hall–Kier alpha value is -2.56. The molecule has 128 valence electrons. The van der Waals surface area contributed by atoms with E-state index in [1.165, 1.54) is 12.1 Å². The minimum absolute atomic E-state index is 0.108. The Labute approximate surface area is 141 Å².